The van der Waals surface area contributed by atoms with Crippen LogP contribution in [0.15, 0.2) is 24.4 Å². The minimum absolute atomic E-state index is 0.249. The maximum absolute atomic E-state index is 14.6. The highest BCUT2D eigenvalue weighted by Crippen LogP contribution is 2.44. The summed E-state index contributed by atoms with van der Waals surface area (Å²) in [5, 5.41) is 0. The van der Waals surface area contributed by atoms with Crippen molar-refractivity contribution in [3.63, 3.8) is 0 Å². The first-order chi connectivity index (χ1) is 12.1. The van der Waals surface area contributed by atoms with Crippen LogP contribution in [-0.4, -0.2) is 28.0 Å². The first-order valence-corrected chi connectivity index (χ1v) is 9.01. The van der Waals surface area contributed by atoms with Crippen molar-refractivity contribution in [1.82, 2.24) is 14.9 Å². The molecule has 25 heavy (non-hydrogen) atoms. The normalized spacial score (nSPS) is 22.3. The van der Waals surface area contributed by atoms with Crippen LogP contribution in [0.1, 0.15) is 61.3 Å². The molecule has 132 valence electrons. The van der Waals surface area contributed by atoms with Crippen LogP contribution < -0.4 is 4.74 Å². The van der Waals surface area contributed by atoms with E-state index in [1.54, 1.807) is 6.07 Å². The van der Waals surface area contributed by atoms with Crippen LogP contribution in [0.2, 0.25) is 0 Å². The predicted octanol–water partition coefficient (Wildman–Crippen LogP) is 4.01. The summed E-state index contributed by atoms with van der Waals surface area (Å²) in [5.74, 6) is 1.33. The van der Waals surface area contributed by atoms with Crippen molar-refractivity contribution in [2.75, 3.05) is 7.11 Å². The Morgan fingerprint density at radius 3 is 2.92 bits per heavy atom. The molecule has 0 amide bonds. The second kappa shape index (κ2) is 6.37. The Labute approximate surface area is 148 Å². The molecule has 0 unspecified atom stereocenters. The number of methoxy groups -OCH3 is 1. The molecular formula is C20H24FN3O. The summed E-state index contributed by atoms with van der Waals surface area (Å²) in [6.07, 6.45) is 5.15. The van der Waals surface area contributed by atoms with E-state index >= 15 is 0 Å². The van der Waals surface area contributed by atoms with Gasteiger partial charge in [-0.15, -0.1) is 0 Å². The van der Waals surface area contributed by atoms with E-state index in [4.69, 9.17) is 9.72 Å². The van der Waals surface area contributed by atoms with Gasteiger partial charge in [0.25, 0.3) is 0 Å². The van der Waals surface area contributed by atoms with E-state index in [1.807, 2.05) is 18.3 Å². The van der Waals surface area contributed by atoms with Gasteiger partial charge in [0.1, 0.15) is 5.82 Å². The zero-order valence-electron chi connectivity index (χ0n) is 15.0. The summed E-state index contributed by atoms with van der Waals surface area (Å²) in [6, 6.07) is 6.10. The Kier molecular flexibility index (Phi) is 4.20. The smallest absolute Gasteiger partial charge is 0.169 e. The van der Waals surface area contributed by atoms with Gasteiger partial charge in [-0.05, 0) is 18.9 Å². The molecule has 1 aromatic heterocycles. The van der Waals surface area contributed by atoms with Gasteiger partial charge in [0.05, 0.1) is 12.8 Å². The molecule has 0 radical (unpaired) electrons. The Balaban J connectivity index is 1.63. The second-order valence-corrected chi connectivity index (χ2v) is 7.34. The lowest BCUT2D eigenvalue weighted by Gasteiger charge is -2.36. The summed E-state index contributed by atoms with van der Waals surface area (Å²) in [4.78, 5) is 11.8. The molecule has 0 spiro atoms. The quantitative estimate of drug-likeness (QED) is 0.842. The number of aromatic nitrogens is 2. The molecule has 3 heterocycles. The SMILES string of the molecule is COc1cccc(CN2[C@@H]3CC[C@H]2c2cnc(C(C)C)nc2C3)c1F. The molecule has 1 fully saturated rings. The zero-order valence-corrected chi connectivity index (χ0v) is 15.0. The first-order valence-electron chi connectivity index (χ1n) is 9.01. The zero-order chi connectivity index (χ0) is 17.6. The van der Waals surface area contributed by atoms with Gasteiger partial charge in [0, 0.05) is 48.3 Å². The number of fused-ring (bicyclic) bond motifs is 4. The van der Waals surface area contributed by atoms with Crippen molar-refractivity contribution in [1.29, 1.82) is 0 Å². The van der Waals surface area contributed by atoms with Crippen molar-refractivity contribution < 1.29 is 9.13 Å². The van der Waals surface area contributed by atoms with Crippen molar-refractivity contribution in [3.8, 4) is 5.75 Å². The largest absolute Gasteiger partial charge is 0.494 e. The Morgan fingerprint density at radius 1 is 1.32 bits per heavy atom. The lowest BCUT2D eigenvalue weighted by Crippen LogP contribution is -2.38. The molecule has 2 aliphatic heterocycles. The highest BCUT2D eigenvalue weighted by Gasteiger charge is 2.41. The highest BCUT2D eigenvalue weighted by molar-refractivity contribution is 5.33. The third-order valence-electron chi connectivity index (χ3n) is 5.48. The monoisotopic (exact) mass is 341 g/mol. The number of hydrogen-bond donors (Lipinski definition) is 0. The minimum atomic E-state index is -0.249. The van der Waals surface area contributed by atoms with Crippen LogP contribution >= 0.6 is 0 Å². The molecule has 0 aliphatic carbocycles. The van der Waals surface area contributed by atoms with Gasteiger partial charge in [-0.25, -0.2) is 14.4 Å². The van der Waals surface area contributed by atoms with E-state index in [1.165, 1.54) is 18.4 Å². The van der Waals surface area contributed by atoms with Gasteiger partial charge >= 0.3 is 0 Å². The molecule has 1 saturated heterocycles. The number of halogens is 1. The fourth-order valence-corrected chi connectivity index (χ4v) is 4.15. The van der Waals surface area contributed by atoms with Crippen molar-refractivity contribution in [2.45, 2.75) is 57.7 Å². The van der Waals surface area contributed by atoms with Crippen LogP contribution in [0, 0.1) is 5.82 Å². The number of ether oxygens (including phenoxy) is 1. The second-order valence-electron chi connectivity index (χ2n) is 7.34. The topological polar surface area (TPSA) is 38.2 Å². The number of benzene rings is 1. The first kappa shape index (κ1) is 16.5. The minimum Gasteiger partial charge on any atom is -0.494 e. The van der Waals surface area contributed by atoms with Crippen LogP contribution in [0.25, 0.3) is 0 Å². The molecule has 1 aromatic carbocycles. The maximum Gasteiger partial charge on any atom is 0.169 e. The van der Waals surface area contributed by atoms with Gasteiger partial charge in [-0.1, -0.05) is 26.0 Å². The molecule has 0 N–H and O–H groups in total. The Bertz CT molecular complexity index is 793. The summed E-state index contributed by atoms with van der Waals surface area (Å²) in [6.45, 7) is 4.85. The molecule has 2 aliphatic rings. The molecule has 2 aromatic rings. The standard InChI is InChI=1S/C20H24FN3O/c1-12(2)20-22-10-15-16(23-20)9-14-7-8-17(15)24(14)11-13-5-4-6-18(25-3)19(13)21/h4-6,10,12,14,17H,7-9,11H2,1-3H3/t14-,17+/m1/s1. The van der Waals surface area contributed by atoms with Gasteiger partial charge in [-0.3, -0.25) is 4.90 Å². The van der Waals surface area contributed by atoms with Crippen molar-refractivity contribution >= 4 is 0 Å². The number of rotatable bonds is 4. The van der Waals surface area contributed by atoms with E-state index in [2.05, 4.69) is 23.7 Å². The van der Waals surface area contributed by atoms with Gasteiger partial charge in [-0.2, -0.15) is 0 Å². The molecule has 2 atom stereocenters. The van der Waals surface area contributed by atoms with Crippen LogP contribution in [0.3, 0.4) is 0 Å². The lowest BCUT2D eigenvalue weighted by molar-refractivity contribution is 0.163. The predicted molar refractivity (Wildman–Crippen MR) is 94.1 cm³/mol. The summed E-state index contributed by atoms with van der Waals surface area (Å²) < 4.78 is 19.7. The van der Waals surface area contributed by atoms with E-state index in [9.17, 15) is 4.39 Å². The number of nitrogens with zero attached hydrogens (tertiary/aromatic N) is 3. The molecule has 4 rings (SSSR count). The summed E-state index contributed by atoms with van der Waals surface area (Å²) in [5.41, 5.74) is 3.11. The van der Waals surface area contributed by atoms with E-state index in [-0.39, 0.29) is 5.82 Å². The van der Waals surface area contributed by atoms with Gasteiger partial charge < -0.3 is 4.74 Å². The van der Waals surface area contributed by atoms with Gasteiger partial charge in [0.2, 0.25) is 0 Å². The molecule has 4 nitrogen and oxygen atoms in total. The molecule has 0 saturated carbocycles. The summed E-state index contributed by atoms with van der Waals surface area (Å²) >= 11 is 0. The van der Waals surface area contributed by atoms with Crippen LogP contribution in [-0.2, 0) is 13.0 Å². The molecule has 2 bridgehead atoms. The molecule has 5 heteroatoms. The third-order valence-corrected chi connectivity index (χ3v) is 5.48. The average molecular weight is 341 g/mol. The van der Waals surface area contributed by atoms with Crippen molar-refractivity contribution in [2.24, 2.45) is 0 Å². The maximum atomic E-state index is 14.6. The Morgan fingerprint density at radius 2 is 2.16 bits per heavy atom. The van der Waals surface area contributed by atoms with Crippen LogP contribution in [0.4, 0.5) is 4.39 Å². The van der Waals surface area contributed by atoms with E-state index < -0.39 is 0 Å². The third kappa shape index (κ3) is 2.80. The van der Waals surface area contributed by atoms with E-state index in [0.717, 1.165) is 25.1 Å². The average Bonchev–Trinajstić information content (AvgIpc) is 2.88. The van der Waals surface area contributed by atoms with Gasteiger partial charge in [0.15, 0.2) is 11.6 Å². The van der Waals surface area contributed by atoms with Crippen LogP contribution in [0.5, 0.6) is 5.75 Å². The van der Waals surface area contributed by atoms with E-state index in [0.29, 0.717) is 35.9 Å². The highest BCUT2D eigenvalue weighted by atomic mass is 19.1. The fraction of sp³-hybridized carbons (Fsp3) is 0.500. The summed E-state index contributed by atoms with van der Waals surface area (Å²) in [7, 11) is 1.51. The molecular weight excluding hydrogens is 317 g/mol. The lowest BCUT2D eigenvalue weighted by atomic mass is 9.98. The number of hydrogen-bond acceptors (Lipinski definition) is 4. The fourth-order valence-electron chi connectivity index (χ4n) is 4.15. The Hall–Kier alpha value is -2.01. The van der Waals surface area contributed by atoms with Crippen molar-refractivity contribution in [3.05, 3.63) is 52.9 Å².